The Morgan fingerprint density at radius 2 is 0.947 bits per heavy atom. The van der Waals surface area contributed by atoms with Gasteiger partial charge in [0.25, 0.3) is 0 Å². The van der Waals surface area contributed by atoms with E-state index in [9.17, 15) is 52.7 Å². The van der Waals surface area contributed by atoms with Gasteiger partial charge in [-0.05, 0) is 0 Å². The zero-order valence-corrected chi connectivity index (χ0v) is 8.15. The molecule has 0 fully saturated rings. The van der Waals surface area contributed by atoms with Gasteiger partial charge in [-0.1, -0.05) is 0 Å². The van der Waals surface area contributed by atoms with Crippen molar-refractivity contribution in [3.63, 3.8) is 0 Å². The molecule has 13 heteroatoms. The molecule has 0 spiro atoms. The van der Waals surface area contributed by atoms with Crippen molar-refractivity contribution in [2.45, 2.75) is 30.3 Å². The molecule has 1 nitrogen and oxygen atoms in total. The first-order chi connectivity index (χ1) is 7.96. The highest BCUT2D eigenvalue weighted by Gasteiger charge is 2.83. The Balaban J connectivity index is 5.28. The lowest BCUT2D eigenvalue weighted by molar-refractivity contribution is -0.450. The topological polar surface area (TPSA) is 9.23 Å². The van der Waals surface area contributed by atoms with Crippen LogP contribution in [0.25, 0.3) is 0 Å². The highest BCUT2D eigenvalue weighted by molar-refractivity contribution is 4.96. The number of alkyl halides is 12. The average molecular weight is 318 g/mol. The van der Waals surface area contributed by atoms with Gasteiger partial charge in [0, 0.05) is 0 Å². The predicted octanol–water partition coefficient (Wildman–Crippen LogP) is 3.99. The Kier molecular flexibility index (Phi) is 4.38. The summed E-state index contributed by atoms with van der Waals surface area (Å²) in [5.41, 5.74) is 0. The molecule has 0 saturated heterocycles. The average Bonchev–Trinajstić information content (AvgIpc) is 2.11. The van der Waals surface area contributed by atoms with Crippen LogP contribution in [0.5, 0.6) is 0 Å². The minimum atomic E-state index is -7.28. The normalized spacial score (nSPS) is 15.8. The van der Waals surface area contributed by atoms with Crippen LogP contribution in [-0.4, -0.2) is 36.9 Å². The van der Waals surface area contributed by atoms with Gasteiger partial charge in [0.1, 0.15) is 6.61 Å². The van der Waals surface area contributed by atoms with Crippen LogP contribution in [0.2, 0.25) is 0 Å². The van der Waals surface area contributed by atoms with E-state index >= 15 is 0 Å². The third-order valence-corrected chi connectivity index (χ3v) is 1.53. The SMILES string of the molecule is FC(F)(F)COC(F)(F)C(F)(F)C(F)(F)C(F)(F)F. The van der Waals surface area contributed by atoms with Crippen molar-refractivity contribution in [2.75, 3.05) is 6.61 Å². The molecule has 0 rings (SSSR count). The van der Waals surface area contributed by atoms with Crippen molar-refractivity contribution in [3.05, 3.63) is 0 Å². The van der Waals surface area contributed by atoms with Gasteiger partial charge in [0.2, 0.25) is 0 Å². The monoisotopic (exact) mass is 318 g/mol. The predicted molar refractivity (Wildman–Crippen MR) is 32.9 cm³/mol. The van der Waals surface area contributed by atoms with E-state index in [0.29, 0.717) is 0 Å². The minimum absolute atomic E-state index is 2.15. The van der Waals surface area contributed by atoms with E-state index in [1.54, 1.807) is 0 Å². The third-order valence-electron chi connectivity index (χ3n) is 1.53. The van der Waals surface area contributed by atoms with Gasteiger partial charge in [-0.2, -0.15) is 52.7 Å². The fraction of sp³-hybridized carbons (Fsp3) is 1.00. The first kappa shape index (κ1) is 18.1. The summed E-state index contributed by atoms with van der Waals surface area (Å²) in [6, 6.07) is 0. The van der Waals surface area contributed by atoms with Crippen LogP contribution < -0.4 is 0 Å². The molecule has 116 valence electrons. The van der Waals surface area contributed by atoms with Crippen molar-refractivity contribution >= 4 is 0 Å². The molecule has 0 aliphatic heterocycles. The van der Waals surface area contributed by atoms with E-state index in [1.165, 1.54) is 0 Å². The lowest BCUT2D eigenvalue weighted by atomic mass is 10.1. The molecule has 0 aromatic carbocycles. The number of ether oxygens (including phenoxy) is 1. The van der Waals surface area contributed by atoms with Crippen LogP contribution in [-0.2, 0) is 4.74 Å². The minimum Gasteiger partial charge on any atom is -0.306 e. The smallest absolute Gasteiger partial charge is 0.306 e. The first-order valence-corrected chi connectivity index (χ1v) is 3.86. The van der Waals surface area contributed by atoms with Crippen molar-refractivity contribution in [1.29, 1.82) is 0 Å². The Bertz CT molecular complexity index is 311. The van der Waals surface area contributed by atoms with Gasteiger partial charge in [-0.15, -0.1) is 0 Å². The summed E-state index contributed by atoms with van der Waals surface area (Å²) in [4.78, 5) is 0. The molecule has 0 aromatic heterocycles. The lowest BCUT2D eigenvalue weighted by Crippen LogP contribution is -2.62. The van der Waals surface area contributed by atoms with Crippen molar-refractivity contribution < 1.29 is 57.4 Å². The summed E-state index contributed by atoms with van der Waals surface area (Å²) >= 11 is 0. The van der Waals surface area contributed by atoms with E-state index in [2.05, 4.69) is 4.74 Å². The van der Waals surface area contributed by atoms with Gasteiger partial charge in [-0.25, -0.2) is 0 Å². The first-order valence-electron chi connectivity index (χ1n) is 3.86. The maximum absolute atomic E-state index is 12.3. The highest BCUT2D eigenvalue weighted by Crippen LogP contribution is 2.53. The summed E-state index contributed by atoms with van der Waals surface area (Å²) in [5.74, 6) is -14.5. The van der Waals surface area contributed by atoms with Gasteiger partial charge < -0.3 is 4.74 Å². The standard InChI is InChI=1S/C6H2F12O/c7-2(8,9)1-19-6(17,18)4(12,13)3(10,11)5(14,15)16/h1H2. The van der Waals surface area contributed by atoms with Crippen molar-refractivity contribution in [2.24, 2.45) is 0 Å². The van der Waals surface area contributed by atoms with E-state index in [0.717, 1.165) is 0 Å². The van der Waals surface area contributed by atoms with Crippen molar-refractivity contribution in [3.8, 4) is 0 Å². The second-order valence-corrected chi connectivity index (χ2v) is 3.07. The Morgan fingerprint density at radius 3 is 1.21 bits per heavy atom. The van der Waals surface area contributed by atoms with Crippen LogP contribution in [0.4, 0.5) is 52.7 Å². The molecule has 0 N–H and O–H groups in total. The molecule has 0 radical (unpaired) electrons. The van der Waals surface area contributed by atoms with Crippen molar-refractivity contribution in [1.82, 2.24) is 0 Å². The zero-order chi connectivity index (χ0) is 15.9. The molecule has 0 unspecified atom stereocenters. The van der Waals surface area contributed by atoms with Crippen LogP contribution in [0.1, 0.15) is 0 Å². The molecule has 0 aromatic rings. The van der Waals surface area contributed by atoms with E-state index in [1.807, 2.05) is 0 Å². The summed E-state index contributed by atoms with van der Waals surface area (Å²) in [5, 5.41) is 0. The molecule has 19 heavy (non-hydrogen) atoms. The molecule has 0 bridgehead atoms. The molecular weight excluding hydrogens is 316 g/mol. The number of hydrogen-bond donors (Lipinski definition) is 0. The molecular formula is C6H2F12O. The molecule has 0 aliphatic rings. The van der Waals surface area contributed by atoms with Gasteiger partial charge in [0.15, 0.2) is 0 Å². The maximum atomic E-state index is 12.3. The fourth-order valence-electron chi connectivity index (χ4n) is 0.624. The van der Waals surface area contributed by atoms with Crippen LogP contribution in [0.15, 0.2) is 0 Å². The van der Waals surface area contributed by atoms with E-state index < -0.39 is 36.9 Å². The summed E-state index contributed by atoms with van der Waals surface area (Å²) in [6.07, 6.45) is -19.4. The number of hydrogen-bond acceptors (Lipinski definition) is 1. The molecule has 0 saturated carbocycles. The summed E-state index contributed by atoms with van der Waals surface area (Å²) in [7, 11) is 0. The second kappa shape index (κ2) is 4.59. The van der Waals surface area contributed by atoms with E-state index in [-0.39, 0.29) is 0 Å². The van der Waals surface area contributed by atoms with Gasteiger partial charge in [0.05, 0.1) is 0 Å². The lowest BCUT2D eigenvalue weighted by Gasteiger charge is -2.33. The summed E-state index contributed by atoms with van der Waals surface area (Å²) in [6.45, 7) is -3.14. The Labute approximate surface area is 95.7 Å². The van der Waals surface area contributed by atoms with Gasteiger partial charge in [-0.3, -0.25) is 0 Å². The maximum Gasteiger partial charge on any atom is 0.460 e. The highest BCUT2D eigenvalue weighted by atomic mass is 19.4. The Morgan fingerprint density at radius 1 is 0.579 bits per heavy atom. The Hall–Kier alpha value is -0.880. The van der Waals surface area contributed by atoms with Crippen LogP contribution in [0, 0.1) is 0 Å². The fourth-order valence-corrected chi connectivity index (χ4v) is 0.624. The second-order valence-electron chi connectivity index (χ2n) is 3.07. The van der Waals surface area contributed by atoms with Crippen LogP contribution in [0.3, 0.4) is 0 Å². The summed E-state index contributed by atoms with van der Waals surface area (Å²) < 4.78 is 144. The van der Waals surface area contributed by atoms with E-state index in [4.69, 9.17) is 0 Å². The van der Waals surface area contributed by atoms with Gasteiger partial charge >= 0.3 is 30.3 Å². The van der Waals surface area contributed by atoms with Crippen LogP contribution >= 0.6 is 0 Å². The molecule has 0 atom stereocenters. The molecule has 0 heterocycles. The number of halogens is 12. The zero-order valence-electron chi connectivity index (χ0n) is 8.15. The third kappa shape index (κ3) is 3.57. The quantitative estimate of drug-likeness (QED) is 0.712. The molecule has 0 aliphatic carbocycles. The molecule has 0 amide bonds. The number of rotatable bonds is 4. The largest absolute Gasteiger partial charge is 0.460 e.